The molecule has 0 aliphatic rings. The van der Waals surface area contributed by atoms with Crippen molar-refractivity contribution in [1.29, 1.82) is 0 Å². The molecule has 0 aliphatic heterocycles. The van der Waals surface area contributed by atoms with Gasteiger partial charge in [-0.05, 0) is 35.7 Å². The van der Waals surface area contributed by atoms with Crippen molar-refractivity contribution < 1.29 is 14.3 Å². The monoisotopic (exact) mass is 368 g/mol. The first-order chi connectivity index (χ1) is 12.9. The van der Waals surface area contributed by atoms with E-state index >= 15 is 0 Å². The number of carbonyl (C=O) groups is 2. The molecule has 0 heterocycles. The Labute approximate surface area is 161 Å². The molecule has 2 atom stereocenters. The molecule has 0 fully saturated rings. The largest absolute Gasteiger partial charge is 0.455 e. The molecule has 2 aromatic rings. The molecule has 0 saturated carbocycles. The predicted octanol–water partition coefficient (Wildman–Crippen LogP) is 4.06. The van der Waals surface area contributed by atoms with E-state index in [4.69, 9.17) is 4.74 Å². The Balaban J connectivity index is 1.95. The van der Waals surface area contributed by atoms with Gasteiger partial charge in [0.25, 0.3) is 5.91 Å². The number of hydrogen-bond donors (Lipinski definition) is 1. The molecule has 144 valence electrons. The Morgan fingerprint density at radius 2 is 1.67 bits per heavy atom. The van der Waals surface area contributed by atoms with Gasteiger partial charge in [0, 0.05) is 25.5 Å². The number of rotatable bonds is 8. The van der Waals surface area contributed by atoms with E-state index in [1.807, 2.05) is 87.4 Å². The second-order valence-electron chi connectivity index (χ2n) is 6.87. The number of esters is 1. The van der Waals surface area contributed by atoms with Gasteiger partial charge in [0.05, 0.1) is 5.92 Å². The highest BCUT2D eigenvalue weighted by Gasteiger charge is 2.27. The zero-order valence-corrected chi connectivity index (χ0v) is 16.4. The van der Waals surface area contributed by atoms with Gasteiger partial charge in [-0.2, -0.15) is 0 Å². The average molecular weight is 368 g/mol. The highest BCUT2D eigenvalue weighted by Crippen LogP contribution is 2.28. The third kappa shape index (κ3) is 5.84. The van der Waals surface area contributed by atoms with Crippen LogP contribution in [0, 0.1) is 5.92 Å². The molecular formula is C22H28N2O3. The van der Waals surface area contributed by atoms with Gasteiger partial charge in [0.15, 0.2) is 6.61 Å². The highest BCUT2D eigenvalue weighted by atomic mass is 16.5. The number of amides is 1. The smallest absolute Gasteiger partial charge is 0.314 e. The summed E-state index contributed by atoms with van der Waals surface area (Å²) in [6.45, 7) is 3.76. The van der Waals surface area contributed by atoms with Crippen LogP contribution < -0.4 is 10.2 Å². The lowest BCUT2D eigenvalue weighted by molar-refractivity contribution is -0.150. The second-order valence-corrected chi connectivity index (χ2v) is 6.87. The van der Waals surface area contributed by atoms with Crippen molar-refractivity contribution >= 4 is 23.3 Å². The molecule has 27 heavy (non-hydrogen) atoms. The van der Waals surface area contributed by atoms with Gasteiger partial charge in [-0.25, -0.2) is 0 Å². The van der Waals surface area contributed by atoms with E-state index in [0.717, 1.165) is 17.7 Å². The Hall–Kier alpha value is -2.82. The van der Waals surface area contributed by atoms with Crippen LogP contribution in [-0.4, -0.2) is 32.6 Å². The Kier molecular flexibility index (Phi) is 7.41. The molecule has 0 bridgehead atoms. The molecule has 0 saturated heterocycles. The average Bonchev–Trinajstić information content (AvgIpc) is 2.67. The molecule has 1 amide bonds. The number of hydrogen-bond acceptors (Lipinski definition) is 4. The van der Waals surface area contributed by atoms with Gasteiger partial charge in [-0.3, -0.25) is 9.59 Å². The normalized spacial score (nSPS) is 12.7. The third-order valence-electron chi connectivity index (χ3n) is 4.64. The summed E-state index contributed by atoms with van der Waals surface area (Å²) in [6.07, 6.45) is 0.846. The molecule has 0 unspecified atom stereocenters. The standard InChI is InChI=1S/C22H28N2O3/c1-5-16(2)21(17-9-7-6-8-10-17)22(26)27-15-20(25)23-18-11-13-19(14-12-18)24(3)4/h6-14,16,21H,5,15H2,1-4H3,(H,23,25)/t16-,21+/m0/s1. The van der Waals surface area contributed by atoms with Crippen molar-refractivity contribution in [2.24, 2.45) is 5.92 Å². The van der Waals surface area contributed by atoms with Crippen molar-refractivity contribution in [3.8, 4) is 0 Å². The first kappa shape index (κ1) is 20.5. The quantitative estimate of drug-likeness (QED) is 0.714. The van der Waals surface area contributed by atoms with Gasteiger partial charge in [0.1, 0.15) is 0 Å². The predicted molar refractivity (Wildman–Crippen MR) is 109 cm³/mol. The maximum atomic E-state index is 12.6. The van der Waals surface area contributed by atoms with Crippen LogP contribution in [0.15, 0.2) is 54.6 Å². The zero-order chi connectivity index (χ0) is 19.8. The van der Waals surface area contributed by atoms with Crippen molar-refractivity contribution in [2.45, 2.75) is 26.2 Å². The number of nitrogens with one attached hydrogen (secondary N) is 1. The first-order valence-corrected chi connectivity index (χ1v) is 9.21. The lowest BCUT2D eigenvalue weighted by Gasteiger charge is -2.21. The fourth-order valence-corrected chi connectivity index (χ4v) is 2.86. The van der Waals surface area contributed by atoms with Crippen LogP contribution in [0.2, 0.25) is 0 Å². The van der Waals surface area contributed by atoms with E-state index in [2.05, 4.69) is 5.32 Å². The first-order valence-electron chi connectivity index (χ1n) is 9.21. The fraction of sp³-hybridized carbons (Fsp3) is 0.364. The molecule has 5 nitrogen and oxygen atoms in total. The summed E-state index contributed by atoms with van der Waals surface area (Å²) in [4.78, 5) is 26.7. The molecule has 2 aromatic carbocycles. The third-order valence-corrected chi connectivity index (χ3v) is 4.64. The summed E-state index contributed by atoms with van der Waals surface area (Å²) in [7, 11) is 3.90. The lowest BCUT2D eigenvalue weighted by atomic mass is 9.86. The summed E-state index contributed by atoms with van der Waals surface area (Å²) in [5, 5.41) is 2.75. The summed E-state index contributed by atoms with van der Waals surface area (Å²) < 4.78 is 5.32. The van der Waals surface area contributed by atoms with Crippen LogP contribution in [0.3, 0.4) is 0 Å². The Morgan fingerprint density at radius 3 is 2.22 bits per heavy atom. The number of carbonyl (C=O) groups excluding carboxylic acids is 2. The van der Waals surface area contributed by atoms with Crippen LogP contribution in [0.5, 0.6) is 0 Å². The van der Waals surface area contributed by atoms with Gasteiger partial charge in [-0.15, -0.1) is 0 Å². The topological polar surface area (TPSA) is 58.6 Å². The molecule has 2 rings (SSSR count). The molecule has 5 heteroatoms. The van der Waals surface area contributed by atoms with E-state index < -0.39 is 0 Å². The zero-order valence-electron chi connectivity index (χ0n) is 16.4. The van der Waals surface area contributed by atoms with Crippen molar-refractivity contribution in [3.05, 3.63) is 60.2 Å². The molecule has 1 N–H and O–H groups in total. The molecular weight excluding hydrogens is 340 g/mol. The SMILES string of the molecule is CC[C@H](C)[C@@H](C(=O)OCC(=O)Nc1ccc(N(C)C)cc1)c1ccccc1. The minimum Gasteiger partial charge on any atom is -0.455 e. The van der Waals surface area contributed by atoms with Gasteiger partial charge >= 0.3 is 5.97 Å². The van der Waals surface area contributed by atoms with E-state index in [0.29, 0.717) is 5.69 Å². The maximum Gasteiger partial charge on any atom is 0.314 e. The molecule has 0 aromatic heterocycles. The number of anilines is 2. The Bertz CT molecular complexity index is 742. The van der Waals surface area contributed by atoms with Gasteiger partial charge in [0.2, 0.25) is 0 Å². The van der Waals surface area contributed by atoms with Crippen LogP contribution >= 0.6 is 0 Å². The van der Waals surface area contributed by atoms with Crippen LogP contribution in [-0.2, 0) is 14.3 Å². The molecule has 0 aliphatic carbocycles. The number of nitrogens with zero attached hydrogens (tertiary/aromatic N) is 1. The van der Waals surface area contributed by atoms with E-state index in [1.54, 1.807) is 0 Å². The lowest BCUT2D eigenvalue weighted by Crippen LogP contribution is -2.26. The summed E-state index contributed by atoms with van der Waals surface area (Å²) >= 11 is 0. The molecule has 0 radical (unpaired) electrons. The summed E-state index contributed by atoms with van der Waals surface area (Å²) in [6, 6.07) is 17.0. The van der Waals surface area contributed by atoms with E-state index in [1.165, 1.54) is 0 Å². The van der Waals surface area contributed by atoms with E-state index in [9.17, 15) is 9.59 Å². The van der Waals surface area contributed by atoms with Crippen molar-refractivity contribution in [1.82, 2.24) is 0 Å². The summed E-state index contributed by atoms with van der Waals surface area (Å²) in [5.41, 5.74) is 2.62. The number of benzene rings is 2. The van der Waals surface area contributed by atoms with Gasteiger partial charge < -0.3 is 15.0 Å². The van der Waals surface area contributed by atoms with E-state index in [-0.39, 0.29) is 30.3 Å². The molecule has 0 spiro atoms. The number of ether oxygens (including phenoxy) is 1. The maximum absolute atomic E-state index is 12.6. The second kappa shape index (κ2) is 9.76. The summed E-state index contributed by atoms with van der Waals surface area (Å²) in [5.74, 6) is -0.963. The fourth-order valence-electron chi connectivity index (χ4n) is 2.86. The highest BCUT2D eigenvalue weighted by molar-refractivity contribution is 5.93. The van der Waals surface area contributed by atoms with Gasteiger partial charge in [-0.1, -0.05) is 50.6 Å². The Morgan fingerprint density at radius 1 is 1.04 bits per heavy atom. The minimum absolute atomic E-state index is 0.126. The van der Waals surface area contributed by atoms with Crippen molar-refractivity contribution in [3.63, 3.8) is 0 Å². The van der Waals surface area contributed by atoms with Crippen molar-refractivity contribution in [2.75, 3.05) is 30.9 Å². The van der Waals surface area contributed by atoms with Crippen LogP contribution in [0.25, 0.3) is 0 Å². The van der Waals surface area contributed by atoms with Crippen LogP contribution in [0.1, 0.15) is 31.7 Å². The van der Waals surface area contributed by atoms with Crippen LogP contribution in [0.4, 0.5) is 11.4 Å². The minimum atomic E-state index is -0.372.